The van der Waals surface area contributed by atoms with Crippen molar-refractivity contribution in [3.63, 3.8) is 0 Å². The fourth-order valence-electron chi connectivity index (χ4n) is 4.15. The fraction of sp³-hybridized carbons (Fsp3) is 0.500. The molecule has 4 rings (SSSR count). The Morgan fingerprint density at radius 3 is 2.65 bits per heavy atom. The number of hydrogen-bond acceptors (Lipinski definition) is 6. The largest absolute Gasteiger partial charge is 0.354 e. The van der Waals surface area contributed by atoms with Gasteiger partial charge in [-0.2, -0.15) is 4.98 Å². The highest BCUT2D eigenvalue weighted by molar-refractivity contribution is 5.88. The number of nitrogens with zero attached hydrogens (tertiary/aromatic N) is 4. The Bertz CT molecular complexity index is 938. The lowest BCUT2D eigenvalue weighted by molar-refractivity contribution is 0.204. The number of urea groups is 1. The van der Waals surface area contributed by atoms with Gasteiger partial charge in [-0.3, -0.25) is 14.8 Å². The maximum absolute atomic E-state index is 12.5. The first-order chi connectivity index (χ1) is 15.1. The average molecular weight is 426 g/mol. The van der Waals surface area contributed by atoms with E-state index in [1.165, 1.54) is 23.0 Å². The normalized spacial score (nSPS) is 20.3. The van der Waals surface area contributed by atoms with Crippen molar-refractivity contribution in [2.24, 2.45) is 5.73 Å². The topological polar surface area (TPSA) is 109 Å². The minimum Gasteiger partial charge on any atom is -0.327 e. The molecule has 1 aromatic carbocycles. The van der Waals surface area contributed by atoms with Gasteiger partial charge in [0.2, 0.25) is 0 Å². The van der Waals surface area contributed by atoms with Crippen molar-refractivity contribution < 1.29 is 4.79 Å². The van der Waals surface area contributed by atoms with E-state index in [0.717, 1.165) is 44.8 Å². The van der Waals surface area contributed by atoms with Crippen LogP contribution in [0, 0.1) is 0 Å². The summed E-state index contributed by atoms with van der Waals surface area (Å²) < 4.78 is 1.48. The lowest BCUT2D eigenvalue weighted by Crippen LogP contribution is -2.48. The van der Waals surface area contributed by atoms with Crippen molar-refractivity contribution in [1.82, 2.24) is 24.7 Å². The van der Waals surface area contributed by atoms with E-state index in [2.05, 4.69) is 20.5 Å². The van der Waals surface area contributed by atoms with Gasteiger partial charge in [0.05, 0.1) is 5.69 Å². The molecule has 0 bridgehead atoms. The summed E-state index contributed by atoms with van der Waals surface area (Å²) in [5, 5.41) is 5.91. The van der Waals surface area contributed by atoms with E-state index >= 15 is 0 Å². The Kier molecular flexibility index (Phi) is 6.96. The van der Waals surface area contributed by atoms with E-state index in [9.17, 15) is 9.59 Å². The Morgan fingerprint density at radius 2 is 1.90 bits per heavy atom. The van der Waals surface area contributed by atoms with E-state index in [4.69, 9.17) is 5.73 Å². The molecule has 9 nitrogen and oxygen atoms in total. The molecule has 0 spiro atoms. The van der Waals surface area contributed by atoms with Gasteiger partial charge in [0.25, 0.3) is 0 Å². The van der Waals surface area contributed by atoms with E-state index < -0.39 is 5.69 Å². The summed E-state index contributed by atoms with van der Waals surface area (Å²) in [5.74, 6) is 0.263. The van der Waals surface area contributed by atoms with Crippen LogP contribution >= 0.6 is 0 Å². The number of anilines is 1. The lowest BCUT2D eigenvalue weighted by Gasteiger charge is -2.27. The molecule has 0 saturated carbocycles. The van der Waals surface area contributed by atoms with Crippen LogP contribution in [0.15, 0.2) is 41.3 Å². The quantitative estimate of drug-likeness (QED) is 0.674. The highest BCUT2D eigenvalue weighted by atomic mass is 16.2. The summed E-state index contributed by atoms with van der Waals surface area (Å²) in [5.41, 5.74) is 7.67. The molecule has 1 aromatic heterocycles. The molecule has 4 N–H and O–H groups in total. The van der Waals surface area contributed by atoms with E-state index in [1.54, 1.807) is 17.2 Å². The van der Waals surface area contributed by atoms with Gasteiger partial charge in [-0.25, -0.2) is 9.59 Å². The van der Waals surface area contributed by atoms with Crippen molar-refractivity contribution in [2.45, 2.75) is 31.8 Å². The Hall–Kier alpha value is -2.75. The van der Waals surface area contributed by atoms with E-state index in [0.29, 0.717) is 13.1 Å². The number of piperazine rings is 1. The Morgan fingerprint density at radius 1 is 1.13 bits per heavy atom. The van der Waals surface area contributed by atoms with Crippen LogP contribution in [0.1, 0.15) is 24.8 Å². The predicted octanol–water partition coefficient (Wildman–Crippen LogP) is 0.983. The first-order valence-electron chi connectivity index (χ1n) is 11.0. The minimum atomic E-state index is -0.427. The molecule has 2 fully saturated rings. The minimum absolute atomic E-state index is 0.233. The van der Waals surface area contributed by atoms with Crippen LogP contribution < -0.4 is 22.1 Å². The van der Waals surface area contributed by atoms with Crippen molar-refractivity contribution in [3.05, 3.63) is 52.6 Å². The third kappa shape index (κ3) is 5.69. The smallest absolute Gasteiger partial charge is 0.327 e. The summed E-state index contributed by atoms with van der Waals surface area (Å²) in [7, 11) is 0. The van der Waals surface area contributed by atoms with Crippen molar-refractivity contribution in [1.29, 1.82) is 0 Å². The molecule has 0 radical (unpaired) electrons. The van der Waals surface area contributed by atoms with E-state index in [-0.39, 0.29) is 17.9 Å². The molecular weight excluding hydrogens is 394 g/mol. The highest BCUT2D eigenvalue weighted by Crippen LogP contribution is 2.15. The highest BCUT2D eigenvalue weighted by Gasteiger charge is 2.17. The number of aromatic nitrogens is 2. The van der Waals surface area contributed by atoms with Crippen LogP contribution in [0.4, 0.5) is 10.6 Å². The van der Waals surface area contributed by atoms with Gasteiger partial charge in [-0.1, -0.05) is 18.6 Å². The second kappa shape index (κ2) is 10.0. The van der Waals surface area contributed by atoms with Crippen LogP contribution in [0.5, 0.6) is 0 Å². The predicted molar refractivity (Wildman–Crippen MR) is 120 cm³/mol. The molecule has 2 amide bonds. The third-order valence-corrected chi connectivity index (χ3v) is 5.86. The molecule has 31 heavy (non-hydrogen) atoms. The van der Waals surface area contributed by atoms with Crippen molar-refractivity contribution in [3.8, 4) is 5.69 Å². The van der Waals surface area contributed by atoms with Gasteiger partial charge in [-0.15, -0.1) is 0 Å². The summed E-state index contributed by atoms with van der Waals surface area (Å²) in [6.07, 6.45) is 5.12. The van der Waals surface area contributed by atoms with Gasteiger partial charge in [-0.05, 0) is 43.1 Å². The standard InChI is InChI=1S/C22H31N7O2/c23-18-3-1-2-11-27(16-18)15-17-4-6-19(7-5-17)29-12-8-20(26-22(29)31)25-21(30)28-13-9-24-10-14-28/h4-8,12,18,24H,1-3,9-11,13-16,23H2,(H,25,26,30,31). The Labute approximate surface area is 182 Å². The lowest BCUT2D eigenvalue weighted by atomic mass is 10.1. The molecule has 0 aliphatic carbocycles. The summed E-state index contributed by atoms with van der Waals surface area (Å²) in [6, 6.07) is 9.59. The number of carbonyl (C=O) groups is 1. The van der Waals surface area contributed by atoms with Gasteiger partial charge in [0.1, 0.15) is 5.82 Å². The Balaban J connectivity index is 1.39. The molecule has 1 unspecified atom stereocenters. The molecule has 166 valence electrons. The summed E-state index contributed by atoms with van der Waals surface area (Å²) in [4.78, 5) is 33.0. The monoisotopic (exact) mass is 425 g/mol. The molecule has 2 saturated heterocycles. The number of nitrogens with two attached hydrogens (primary N) is 1. The van der Waals surface area contributed by atoms with Gasteiger partial charge >= 0.3 is 11.7 Å². The average Bonchev–Trinajstić information content (AvgIpc) is 2.99. The van der Waals surface area contributed by atoms with Crippen LogP contribution in [0.2, 0.25) is 0 Å². The second-order valence-corrected chi connectivity index (χ2v) is 8.29. The number of rotatable bonds is 4. The fourth-order valence-corrected chi connectivity index (χ4v) is 4.15. The third-order valence-electron chi connectivity index (χ3n) is 5.86. The first kappa shape index (κ1) is 21.5. The zero-order valence-electron chi connectivity index (χ0n) is 17.8. The molecule has 1 atom stereocenters. The summed E-state index contributed by atoms with van der Waals surface area (Å²) in [6.45, 7) is 5.66. The van der Waals surface area contributed by atoms with E-state index in [1.807, 2.05) is 24.3 Å². The molecule has 3 heterocycles. The maximum Gasteiger partial charge on any atom is 0.354 e. The zero-order chi connectivity index (χ0) is 21.6. The number of carbonyl (C=O) groups excluding carboxylic acids is 1. The van der Waals surface area contributed by atoms with Crippen LogP contribution in [-0.2, 0) is 6.54 Å². The number of benzene rings is 1. The zero-order valence-corrected chi connectivity index (χ0v) is 17.8. The van der Waals surface area contributed by atoms with Crippen molar-refractivity contribution >= 4 is 11.8 Å². The molecule has 2 aliphatic rings. The number of hydrogen-bond donors (Lipinski definition) is 3. The van der Waals surface area contributed by atoms with Crippen LogP contribution in [-0.4, -0.2) is 70.7 Å². The molecule has 2 aromatic rings. The second-order valence-electron chi connectivity index (χ2n) is 8.29. The molecular formula is C22H31N7O2. The number of amides is 2. The van der Waals surface area contributed by atoms with Crippen molar-refractivity contribution in [2.75, 3.05) is 44.6 Å². The molecule has 9 heteroatoms. The van der Waals surface area contributed by atoms with Gasteiger partial charge in [0.15, 0.2) is 0 Å². The maximum atomic E-state index is 12.5. The van der Waals surface area contributed by atoms with Gasteiger partial charge in [0, 0.05) is 51.5 Å². The molecule has 2 aliphatic heterocycles. The van der Waals surface area contributed by atoms with Crippen LogP contribution in [0.25, 0.3) is 5.69 Å². The number of likely N-dealkylation sites (tertiary alicyclic amines) is 1. The number of nitrogens with one attached hydrogen (secondary N) is 2. The first-order valence-corrected chi connectivity index (χ1v) is 11.0. The van der Waals surface area contributed by atoms with Crippen LogP contribution in [0.3, 0.4) is 0 Å². The SMILES string of the molecule is NC1CCCCN(Cc2ccc(-n3ccc(NC(=O)N4CCNCC4)nc3=O)cc2)C1. The van der Waals surface area contributed by atoms with Gasteiger partial charge < -0.3 is 16.0 Å². The summed E-state index contributed by atoms with van der Waals surface area (Å²) >= 11 is 0.